The van der Waals surface area contributed by atoms with E-state index >= 15 is 0 Å². The fraction of sp³-hybridized carbons (Fsp3) is 0.300. The second-order valence-corrected chi connectivity index (χ2v) is 6.47. The summed E-state index contributed by atoms with van der Waals surface area (Å²) in [6.07, 6.45) is 1.76. The molecule has 0 spiro atoms. The van der Waals surface area contributed by atoms with E-state index in [4.69, 9.17) is 0 Å². The largest absolute Gasteiger partial charge is 0.353 e. The molecule has 3 rings (SSSR count). The third kappa shape index (κ3) is 4.24. The molecule has 0 radical (unpaired) electrons. The number of carbonyl (C=O) groups excluding carboxylic acids is 2. The van der Waals surface area contributed by atoms with E-state index in [9.17, 15) is 14.0 Å². The van der Waals surface area contributed by atoms with E-state index in [0.29, 0.717) is 11.3 Å². The zero-order valence-electron chi connectivity index (χ0n) is 14.1. The molecule has 0 saturated carbocycles. The number of carbonyl (C=O) groups is 2. The van der Waals surface area contributed by atoms with E-state index in [1.807, 2.05) is 25.1 Å². The summed E-state index contributed by atoms with van der Waals surface area (Å²) in [5.41, 5.74) is 2.27. The fourth-order valence-corrected chi connectivity index (χ4v) is 3.11. The number of anilines is 1. The molecule has 5 heteroatoms. The van der Waals surface area contributed by atoms with Crippen molar-refractivity contribution < 1.29 is 14.0 Å². The van der Waals surface area contributed by atoms with Gasteiger partial charge in [0.2, 0.25) is 11.8 Å². The highest BCUT2D eigenvalue weighted by atomic mass is 19.1. The van der Waals surface area contributed by atoms with E-state index in [1.54, 1.807) is 6.07 Å². The van der Waals surface area contributed by atoms with Crippen molar-refractivity contribution in [1.29, 1.82) is 0 Å². The maximum atomic E-state index is 13.4. The van der Waals surface area contributed by atoms with Crippen LogP contribution in [0.2, 0.25) is 0 Å². The predicted octanol–water partition coefficient (Wildman–Crippen LogP) is 3.39. The first-order valence-electron chi connectivity index (χ1n) is 8.46. The Kier molecular flexibility index (Phi) is 5.12. The third-order valence-electron chi connectivity index (χ3n) is 4.47. The van der Waals surface area contributed by atoms with Crippen LogP contribution in [-0.2, 0) is 16.0 Å². The van der Waals surface area contributed by atoms with Crippen molar-refractivity contribution in [2.75, 3.05) is 5.32 Å². The van der Waals surface area contributed by atoms with E-state index in [2.05, 4.69) is 22.8 Å². The normalized spacial score (nSPS) is 17.4. The smallest absolute Gasteiger partial charge is 0.228 e. The summed E-state index contributed by atoms with van der Waals surface area (Å²) < 4.78 is 13.4. The van der Waals surface area contributed by atoms with Gasteiger partial charge in [-0.25, -0.2) is 4.39 Å². The Bertz CT molecular complexity index is 777. The average molecular weight is 340 g/mol. The lowest BCUT2D eigenvalue weighted by Crippen LogP contribution is -2.39. The molecule has 0 saturated heterocycles. The monoisotopic (exact) mass is 340 g/mol. The molecule has 25 heavy (non-hydrogen) atoms. The summed E-state index contributed by atoms with van der Waals surface area (Å²) in [5.74, 6) is -1.47. The van der Waals surface area contributed by atoms with Gasteiger partial charge < -0.3 is 10.6 Å². The molecule has 2 unspecified atom stereocenters. The van der Waals surface area contributed by atoms with Crippen molar-refractivity contribution in [3.8, 4) is 0 Å². The van der Waals surface area contributed by atoms with Crippen LogP contribution >= 0.6 is 0 Å². The zero-order chi connectivity index (χ0) is 17.8. The van der Waals surface area contributed by atoms with Crippen LogP contribution in [0, 0.1) is 5.82 Å². The molecule has 0 aliphatic carbocycles. The first kappa shape index (κ1) is 17.1. The van der Waals surface area contributed by atoms with Crippen LogP contribution in [0.5, 0.6) is 0 Å². The van der Waals surface area contributed by atoms with Gasteiger partial charge in [0.25, 0.3) is 0 Å². The Morgan fingerprint density at radius 1 is 1.28 bits per heavy atom. The third-order valence-corrected chi connectivity index (χ3v) is 4.47. The van der Waals surface area contributed by atoms with Gasteiger partial charge in [0.1, 0.15) is 5.82 Å². The Morgan fingerprint density at radius 3 is 2.80 bits per heavy atom. The van der Waals surface area contributed by atoms with Crippen molar-refractivity contribution in [3.05, 3.63) is 65.5 Å². The molecule has 1 aliphatic rings. The molecule has 1 heterocycles. The summed E-state index contributed by atoms with van der Waals surface area (Å²) in [6, 6.07) is 14.2. The lowest BCUT2D eigenvalue weighted by atomic mass is 9.89. The zero-order valence-corrected chi connectivity index (χ0v) is 14.1. The Morgan fingerprint density at radius 2 is 2.04 bits per heavy atom. The van der Waals surface area contributed by atoms with Crippen LogP contribution in [0.4, 0.5) is 10.1 Å². The van der Waals surface area contributed by atoms with Crippen LogP contribution in [0.25, 0.3) is 0 Å². The minimum absolute atomic E-state index is 0.0124. The second-order valence-electron chi connectivity index (χ2n) is 6.47. The quantitative estimate of drug-likeness (QED) is 0.876. The molecule has 0 fully saturated rings. The number of aryl methyl sites for hydroxylation is 1. The van der Waals surface area contributed by atoms with Crippen LogP contribution in [0.3, 0.4) is 0 Å². The van der Waals surface area contributed by atoms with Gasteiger partial charge in [0.05, 0.1) is 5.92 Å². The van der Waals surface area contributed by atoms with Gasteiger partial charge in [-0.2, -0.15) is 0 Å². The number of hydrogen-bond acceptors (Lipinski definition) is 2. The summed E-state index contributed by atoms with van der Waals surface area (Å²) in [4.78, 5) is 24.5. The molecule has 0 aromatic heterocycles. The highest BCUT2D eigenvalue weighted by molar-refractivity contribution is 6.01. The van der Waals surface area contributed by atoms with Gasteiger partial charge >= 0.3 is 0 Å². The number of benzene rings is 2. The maximum Gasteiger partial charge on any atom is 0.228 e. The number of halogens is 1. The fourth-order valence-electron chi connectivity index (χ4n) is 3.11. The number of fused-ring (bicyclic) bond motifs is 1. The number of nitrogens with one attached hydrogen (secondary N) is 2. The van der Waals surface area contributed by atoms with E-state index in [1.165, 1.54) is 17.7 Å². The summed E-state index contributed by atoms with van der Waals surface area (Å²) >= 11 is 0. The summed E-state index contributed by atoms with van der Waals surface area (Å²) in [7, 11) is 0. The molecule has 2 atom stereocenters. The van der Waals surface area contributed by atoms with Crippen LogP contribution in [-0.4, -0.2) is 17.9 Å². The van der Waals surface area contributed by atoms with Crippen LogP contribution in [0.1, 0.15) is 36.8 Å². The average Bonchev–Trinajstić information content (AvgIpc) is 2.59. The Hall–Kier alpha value is -2.69. The van der Waals surface area contributed by atoms with Gasteiger partial charge in [0, 0.05) is 18.2 Å². The first-order chi connectivity index (χ1) is 12.0. The highest BCUT2D eigenvalue weighted by Crippen LogP contribution is 2.33. The summed E-state index contributed by atoms with van der Waals surface area (Å²) in [5, 5.41) is 5.61. The molecule has 130 valence electrons. The van der Waals surface area contributed by atoms with Gasteiger partial charge in [-0.1, -0.05) is 36.4 Å². The molecule has 4 nitrogen and oxygen atoms in total. The SMILES string of the molecule is CC(CCc1ccccc1)NC(=O)C1CC(=O)Nc2cc(F)ccc21. The number of rotatable bonds is 5. The lowest BCUT2D eigenvalue weighted by Gasteiger charge is -2.26. The van der Waals surface area contributed by atoms with Gasteiger partial charge in [-0.15, -0.1) is 0 Å². The molecular weight excluding hydrogens is 319 g/mol. The topological polar surface area (TPSA) is 58.2 Å². The summed E-state index contributed by atoms with van der Waals surface area (Å²) in [6.45, 7) is 1.95. The Balaban J connectivity index is 1.64. The molecule has 2 N–H and O–H groups in total. The molecule has 0 bridgehead atoms. The second kappa shape index (κ2) is 7.47. The van der Waals surface area contributed by atoms with Crippen LogP contribution < -0.4 is 10.6 Å². The van der Waals surface area contributed by atoms with E-state index in [0.717, 1.165) is 12.8 Å². The molecule has 2 amide bonds. The molecular formula is C20H21FN2O2. The molecule has 1 aliphatic heterocycles. The van der Waals surface area contributed by atoms with E-state index in [-0.39, 0.29) is 24.3 Å². The van der Waals surface area contributed by atoms with Crippen molar-refractivity contribution >= 4 is 17.5 Å². The van der Waals surface area contributed by atoms with Crippen molar-refractivity contribution in [2.45, 2.75) is 38.1 Å². The minimum atomic E-state index is -0.580. The van der Waals surface area contributed by atoms with Gasteiger partial charge in [-0.3, -0.25) is 9.59 Å². The number of hydrogen-bond donors (Lipinski definition) is 2. The minimum Gasteiger partial charge on any atom is -0.353 e. The van der Waals surface area contributed by atoms with Crippen molar-refractivity contribution in [3.63, 3.8) is 0 Å². The van der Waals surface area contributed by atoms with Crippen molar-refractivity contribution in [1.82, 2.24) is 5.32 Å². The molecule has 2 aromatic carbocycles. The predicted molar refractivity (Wildman–Crippen MR) is 94.8 cm³/mol. The van der Waals surface area contributed by atoms with E-state index < -0.39 is 11.7 Å². The first-order valence-corrected chi connectivity index (χ1v) is 8.46. The lowest BCUT2D eigenvalue weighted by molar-refractivity contribution is -0.126. The highest BCUT2D eigenvalue weighted by Gasteiger charge is 2.31. The maximum absolute atomic E-state index is 13.4. The molecule has 2 aromatic rings. The van der Waals surface area contributed by atoms with Crippen molar-refractivity contribution in [2.24, 2.45) is 0 Å². The Labute approximate surface area is 146 Å². The van der Waals surface area contributed by atoms with Crippen LogP contribution in [0.15, 0.2) is 48.5 Å². The standard InChI is InChI=1S/C20H21FN2O2/c1-13(7-8-14-5-3-2-4-6-14)22-20(25)17-12-19(24)23-18-11-15(21)9-10-16(17)18/h2-6,9-11,13,17H,7-8,12H2,1H3,(H,22,25)(H,23,24). The van der Waals surface area contributed by atoms with Gasteiger partial charge in [-0.05, 0) is 43.0 Å². The van der Waals surface area contributed by atoms with Gasteiger partial charge in [0.15, 0.2) is 0 Å². The number of amides is 2.